The molecular formula is C18H14N2O3. The standard InChI is InChI=1S/C18H14N2O3/c21-16(13-7-3-1-4-8-13)11-17(22)15-12-19-20(18(15)23)14-9-5-2-6-10-14/h1-10,12,19H,11H2. The molecule has 1 heterocycles. The summed E-state index contributed by atoms with van der Waals surface area (Å²) in [7, 11) is 0. The van der Waals surface area contributed by atoms with Gasteiger partial charge in [-0.2, -0.15) is 0 Å². The van der Waals surface area contributed by atoms with Crippen LogP contribution < -0.4 is 5.56 Å². The van der Waals surface area contributed by atoms with Gasteiger partial charge in [0.1, 0.15) is 5.56 Å². The number of rotatable bonds is 5. The lowest BCUT2D eigenvalue weighted by atomic mass is 10.0. The Morgan fingerprint density at radius 3 is 2.13 bits per heavy atom. The topological polar surface area (TPSA) is 71.9 Å². The van der Waals surface area contributed by atoms with E-state index in [1.54, 1.807) is 54.6 Å². The molecule has 0 aliphatic heterocycles. The van der Waals surface area contributed by atoms with E-state index in [-0.39, 0.29) is 17.8 Å². The summed E-state index contributed by atoms with van der Waals surface area (Å²) in [5.74, 6) is -0.794. The van der Waals surface area contributed by atoms with Crippen molar-refractivity contribution in [2.45, 2.75) is 6.42 Å². The molecule has 114 valence electrons. The van der Waals surface area contributed by atoms with Crippen LogP contribution in [-0.2, 0) is 0 Å². The molecule has 2 aromatic carbocycles. The second-order valence-electron chi connectivity index (χ2n) is 5.05. The van der Waals surface area contributed by atoms with Crippen molar-refractivity contribution in [2.24, 2.45) is 0 Å². The van der Waals surface area contributed by atoms with Crippen molar-refractivity contribution < 1.29 is 9.59 Å². The molecule has 0 atom stereocenters. The zero-order valence-electron chi connectivity index (χ0n) is 12.2. The smallest absolute Gasteiger partial charge is 0.282 e. The number of nitrogens with one attached hydrogen (secondary N) is 1. The summed E-state index contributed by atoms with van der Waals surface area (Å²) in [6.45, 7) is 0. The molecule has 0 saturated heterocycles. The number of H-pyrrole nitrogens is 1. The van der Waals surface area contributed by atoms with Crippen LogP contribution in [0, 0.1) is 0 Å². The summed E-state index contributed by atoms with van der Waals surface area (Å²) in [6, 6.07) is 17.5. The SMILES string of the molecule is O=C(CC(=O)c1c[nH]n(-c2ccccc2)c1=O)c1ccccc1. The largest absolute Gasteiger partial charge is 0.297 e. The molecule has 5 heteroatoms. The molecule has 0 aliphatic carbocycles. The Balaban J connectivity index is 1.83. The van der Waals surface area contributed by atoms with Gasteiger partial charge in [0.25, 0.3) is 5.56 Å². The molecule has 0 amide bonds. The monoisotopic (exact) mass is 306 g/mol. The van der Waals surface area contributed by atoms with E-state index in [4.69, 9.17) is 0 Å². The number of carbonyl (C=O) groups excluding carboxylic acids is 2. The molecule has 0 aliphatic rings. The van der Waals surface area contributed by atoms with Gasteiger partial charge in [0.15, 0.2) is 11.6 Å². The number of carbonyl (C=O) groups is 2. The molecule has 23 heavy (non-hydrogen) atoms. The summed E-state index contributed by atoms with van der Waals surface area (Å²) < 4.78 is 1.28. The first-order valence-electron chi connectivity index (χ1n) is 7.14. The Morgan fingerprint density at radius 1 is 0.870 bits per heavy atom. The van der Waals surface area contributed by atoms with Crippen LogP contribution >= 0.6 is 0 Å². The Labute approximate surface area is 132 Å². The van der Waals surface area contributed by atoms with Gasteiger partial charge in [0.05, 0.1) is 12.1 Å². The van der Waals surface area contributed by atoms with E-state index in [1.807, 2.05) is 6.07 Å². The summed E-state index contributed by atoms with van der Waals surface area (Å²) in [6.07, 6.45) is 1.02. The quantitative estimate of drug-likeness (QED) is 0.582. The van der Waals surface area contributed by atoms with Crippen molar-refractivity contribution in [3.8, 4) is 5.69 Å². The molecule has 0 fully saturated rings. The fourth-order valence-electron chi connectivity index (χ4n) is 2.31. The third kappa shape index (κ3) is 3.03. The van der Waals surface area contributed by atoms with Gasteiger partial charge in [-0.3, -0.25) is 19.5 Å². The number of ketones is 2. The van der Waals surface area contributed by atoms with E-state index >= 15 is 0 Å². The van der Waals surface area contributed by atoms with Gasteiger partial charge in [-0.15, -0.1) is 0 Å². The highest BCUT2D eigenvalue weighted by Crippen LogP contribution is 2.08. The molecule has 0 spiro atoms. The van der Waals surface area contributed by atoms with Gasteiger partial charge < -0.3 is 0 Å². The third-order valence-corrected chi connectivity index (χ3v) is 3.50. The first kappa shape index (κ1) is 14.7. The van der Waals surface area contributed by atoms with E-state index in [9.17, 15) is 14.4 Å². The fourth-order valence-corrected chi connectivity index (χ4v) is 2.31. The van der Waals surface area contributed by atoms with Crippen LogP contribution in [0.5, 0.6) is 0 Å². The number of nitrogens with zero attached hydrogens (tertiary/aromatic N) is 1. The van der Waals surface area contributed by atoms with Crippen molar-refractivity contribution in [3.63, 3.8) is 0 Å². The maximum atomic E-state index is 12.3. The highest BCUT2D eigenvalue weighted by atomic mass is 16.2. The number of para-hydroxylation sites is 1. The highest BCUT2D eigenvalue weighted by molar-refractivity contribution is 6.13. The lowest BCUT2D eigenvalue weighted by Gasteiger charge is -2.00. The van der Waals surface area contributed by atoms with E-state index < -0.39 is 11.3 Å². The summed E-state index contributed by atoms with van der Waals surface area (Å²) in [5, 5.41) is 2.76. The van der Waals surface area contributed by atoms with Crippen LogP contribution in [0.2, 0.25) is 0 Å². The fraction of sp³-hybridized carbons (Fsp3) is 0.0556. The normalized spacial score (nSPS) is 10.4. The number of hydrogen-bond acceptors (Lipinski definition) is 3. The average molecular weight is 306 g/mol. The highest BCUT2D eigenvalue weighted by Gasteiger charge is 2.19. The van der Waals surface area contributed by atoms with Gasteiger partial charge in [-0.1, -0.05) is 48.5 Å². The van der Waals surface area contributed by atoms with Crippen molar-refractivity contribution in [1.82, 2.24) is 9.78 Å². The van der Waals surface area contributed by atoms with Gasteiger partial charge in [0, 0.05) is 11.8 Å². The minimum Gasteiger partial charge on any atom is -0.297 e. The molecule has 0 bridgehead atoms. The van der Waals surface area contributed by atoms with Crippen molar-refractivity contribution >= 4 is 11.6 Å². The molecule has 3 aromatic rings. The maximum Gasteiger partial charge on any atom is 0.282 e. The number of benzene rings is 2. The molecule has 1 aromatic heterocycles. The van der Waals surface area contributed by atoms with Gasteiger partial charge in [-0.05, 0) is 12.1 Å². The number of hydrogen-bond donors (Lipinski definition) is 1. The van der Waals surface area contributed by atoms with Crippen LogP contribution in [0.25, 0.3) is 5.69 Å². The number of aromatic nitrogens is 2. The minimum atomic E-state index is -0.491. The van der Waals surface area contributed by atoms with Crippen molar-refractivity contribution in [1.29, 1.82) is 0 Å². The van der Waals surface area contributed by atoms with E-state index in [0.29, 0.717) is 11.3 Å². The predicted molar refractivity (Wildman–Crippen MR) is 86.1 cm³/mol. The first-order chi connectivity index (χ1) is 11.2. The Kier molecular flexibility index (Phi) is 4.01. The summed E-state index contributed by atoms with van der Waals surface area (Å²) >= 11 is 0. The maximum absolute atomic E-state index is 12.3. The van der Waals surface area contributed by atoms with Gasteiger partial charge in [-0.25, -0.2) is 4.68 Å². The molecule has 1 N–H and O–H groups in total. The van der Waals surface area contributed by atoms with Gasteiger partial charge >= 0.3 is 0 Å². The lowest BCUT2D eigenvalue weighted by molar-refractivity contribution is 0.0893. The molecule has 0 saturated carbocycles. The zero-order chi connectivity index (χ0) is 16.2. The molecule has 0 radical (unpaired) electrons. The average Bonchev–Trinajstić information content (AvgIpc) is 2.98. The van der Waals surface area contributed by atoms with Crippen LogP contribution in [0.15, 0.2) is 71.7 Å². The molecule has 5 nitrogen and oxygen atoms in total. The second kappa shape index (κ2) is 6.27. The van der Waals surface area contributed by atoms with E-state index in [2.05, 4.69) is 5.10 Å². The van der Waals surface area contributed by atoms with E-state index in [0.717, 1.165) is 0 Å². The predicted octanol–water partition coefficient (Wildman–Crippen LogP) is 2.62. The van der Waals surface area contributed by atoms with E-state index in [1.165, 1.54) is 10.9 Å². The summed E-state index contributed by atoms with van der Waals surface area (Å²) in [4.78, 5) is 36.6. The number of Topliss-reactive ketones (excluding diaryl/α,β-unsaturated/α-hetero) is 2. The van der Waals surface area contributed by atoms with Crippen LogP contribution in [0.3, 0.4) is 0 Å². The Morgan fingerprint density at radius 2 is 1.48 bits per heavy atom. The zero-order valence-corrected chi connectivity index (χ0v) is 12.2. The lowest BCUT2D eigenvalue weighted by Crippen LogP contribution is -2.21. The first-order valence-corrected chi connectivity index (χ1v) is 7.14. The second-order valence-corrected chi connectivity index (χ2v) is 5.05. The van der Waals surface area contributed by atoms with Crippen molar-refractivity contribution in [2.75, 3.05) is 0 Å². The van der Waals surface area contributed by atoms with Crippen LogP contribution in [0.4, 0.5) is 0 Å². The third-order valence-electron chi connectivity index (χ3n) is 3.50. The molecular weight excluding hydrogens is 292 g/mol. The molecule has 0 unspecified atom stereocenters. The number of aromatic amines is 1. The Hall–Kier alpha value is -3.21. The van der Waals surface area contributed by atoms with Crippen LogP contribution in [-0.4, -0.2) is 21.3 Å². The van der Waals surface area contributed by atoms with Gasteiger partial charge in [0.2, 0.25) is 0 Å². The minimum absolute atomic E-state index is 0.0156. The van der Waals surface area contributed by atoms with Crippen molar-refractivity contribution in [3.05, 3.63) is 88.3 Å². The van der Waals surface area contributed by atoms with Crippen LogP contribution in [0.1, 0.15) is 27.1 Å². The Bertz CT molecular complexity index is 893. The molecule has 3 rings (SSSR count). The summed E-state index contributed by atoms with van der Waals surface area (Å²) in [5.41, 5.74) is 0.617.